The molecule has 2 atom stereocenters. The molecule has 2 N–H and O–H groups in total. The topological polar surface area (TPSA) is 75.6 Å². The molecular formula is C13H19NO4S. The normalized spacial score (nSPS) is 24.3. The molecule has 1 aliphatic rings. The molecule has 0 aromatic heterocycles. The third-order valence-corrected chi connectivity index (χ3v) is 4.72. The molecular weight excluding hydrogens is 266 g/mol. The highest BCUT2D eigenvalue weighted by Gasteiger charge is 2.25. The fourth-order valence-corrected chi connectivity index (χ4v) is 3.56. The van der Waals surface area contributed by atoms with Crippen molar-refractivity contribution in [3.63, 3.8) is 0 Å². The van der Waals surface area contributed by atoms with E-state index in [0.717, 1.165) is 0 Å². The van der Waals surface area contributed by atoms with E-state index in [4.69, 9.17) is 9.84 Å². The number of ether oxygens (including phenoxy) is 1. The SMILES string of the molecule is CC1CC(NS(=O)(=O)c2cccc(CO)c2)CCO1. The third kappa shape index (κ3) is 3.76. The van der Waals surface area contributed by atoms with Crippen LogP contribution in [0.25, 0.3) is 0 Å². The van der Waals surface area contributed by atoms with Crippen molar-refractivity contribution in [3.05, 3.63) is 29.8 Å². The van der Waals surface area contributed by atoms with Crippen molar-refractivity contribution in [2.45, 2.75) is 43.4 Å². The molecule has 0 spiro atoms. The van der Waals surface area contributed by atoms with E-state index in [9.17, 15) is 8.42 Å². The van der Waals surface area contributed by atoms with Gasteiger partial charge in [0.25, 0.3) is 0 Å². The first kappa shape index (κ1) is 14.5. The lowest BCUT2D eigenvalue weighted by Crippen LogP contribution is -2.41. The van der Waals surface area contributed by atoms with Crippen LogP contribution in [0.1, 0.15) is 25.3 Å². The van der Waals surface area contributed by atoms with Gasteiger partial charge in [-0.3, -0.25) is 0 Å². The van der Waals surface area contributed by atoms with Crippen LogP contribution in [0.3, 0.4) is 0 Å². The second-order valence-corrected chi connectivity index (χ2v) is 6.54. The molecule has 1 heterocycles. The zero-order valence-corrected chi connectivity index (χ0v) is 11.7. The molecule has 0 saturated carbocycles. The molecule has 1 aliphatic heterocycles. The maximum Gasteiger partial charge on any atom is 0.240 e. The van der Waals surface area contributed by atoms with Crippen molar-refractivity contribution in [3.8, 4) is 0 Å². The third-order valence-electron chi connectivity index (χ3n) is 3.20. The van der Waals surface area contributed by atoms with E-state index < -0.39 is 10.0 Å². The van der Waals surface area contributed by atoms with Gasteiger partial charge in [-0.1, -0.05) is 12.1 Å². The molecule has 2 unspecified atom stereocenters. The van der Waals surface area contributed by atoms with Gasteiger partial charge in [0.1, 0.15) is 0 Å². The number of sulfonamides is 1. The molecule has 1 aromatic rings. The Labute approximate surface area is 113 Å². The van der Waals surface area contributed by atoms with Gasteiger partial charge in [0, 0.05) is 12.6 Å². The predicted octanol–water partition coefficient (Wildman–Crippen LogP) is 1.02. The molecule has 2 rings (SSSR count). The van der Waals surface area contributed by atoms with E-state index in [-0.39, 0.29) is 23.6 Å². The van der Waals surface area contributed by atoms with E-state index in [0.29, 0.717) is 25.0 Å². The Morgan fingerprint density at radius 2 is 2.26 bits per heavy atom. The van der Waals surface area contributed by atoms with Crippen LogP contribution in [0.2, 0.25) is 0 Å². The van der Waals surface area contributed by atoms with Crippen molar-refractivity contribution in [2.24, 2.45) is 0 Å². The van der Waals surface area contributed by atoms with Gasteiger partial charge in [-0.25, -0.2) is 13.1 Å². The number of hydrogen-bond donors (Lipinski definition) is 2. The van der Waals surface area contributed by atoms with Gasteiger partial charge >= 0.3 is 0 Å². The number of hydrogen-bond acceptors (Lipinski definition) is 4. The van der Waals surface area contributed by atoms with Crippen LogP contribution >= 0.6 is 0 Å². The maximum absolute atomic E-state index is 12.2. The quantitative estimate of drug-likeness (QED) is 0.866. The summed E-state index contributed by atoms with van der Waals surface area (Å²) in [6.07, 6.45) is 1.44. The Hall–Kier alpha value is -0.950. The lowest BCUT2D eigenvalue weighted by molar-refractivity contribution is 0.0173. The van der Waals surface area contributed by atoms with Crippen LogP contribution < -0.4 is 4.72 Å². The van der Waals surface area contributed by atoms with Gasteiger partial charge in [-0.15, -0.1) is 0 Å². The maximum atomic E-state index is 12.2. The van der Waals surface area contributed by atoms with E-state index in [1.54, 1.807) is 12.1 Å². The second-order valence-electron chi connectivity index (χ2n) is 4.83. The van der Waals surface area contributed by atoms with Crippen LogP contribution in [-0.4, -0.2) is 32.3 Å². The van der Waals surface area contributed by atoms with Crippen molar-refractivity contribution in [1.29, 1.82) is 0 Å². The van der Waals surface area contributed by atoms with Crippen LogP contribution in [0.15, 0.2) is 29.2 Å². The van der Waals surface area contributed by atoms with Gasteiger partial charge in [0.05, 0.1) is 17.6 Å². The first-order valence-corrected chi connectivity index (χ1v) is 7.83. The largest absolute Gasteiger partial charge is 0.392 e. The summed E-state index contributed by atoms with van der Waals surface area (Å²) in [5.41, 5.74) is 0.586. The van der Waals surface area contributed by atoms with Gasteiger partial charge < -0.3 is 9.84 Å². The molecule has 1 aromatic carbocycles. The molecule has 19 heavy (non-hydrogen) atoms. The summed E-state index contributed by atoms with van der Waals surface area (Å²) in [4.78, 5) is 0.193. The summed E-state index contributed by atoms with van der Waals surface area (Å²) < 4.78 is 32.6. The molecule has 106 valence electrons. The number of aliphatic hydroxyl groups excluding tert-OH is 1. The number of aliphatic hydroxyl groups is 1. The highest BCUT2D eigenvalue weighted by molar-refractivity contribution is 7.89. The van der Waals surface area contributed by atoms with Crippen LogP contribution in [0.4, 0.5) is 0 Å². The van der Waals surface area contributed by atoms with Crippen LogP contribution in [-0.2, 0) is 21.4 Å². The van der Waals surface area contributed by atoms with Crippen molar-refractivity contribution in [1.82, 2.24) is 4.72 Å². The second kappa shape index (κ2) is 6.00. The molecule has 5 nitrogen and oxygen atoms in total. The molecule has 6 heteroatoms. The molecule has 1 fully saturated rings. The Balaban J connectivity index is 2.13. The van der Waals surface area contributed by atoms with Crippen molar-refractivity contribution >= 4 is 10.0 Å². The van der Waals surface area contributed by atoms with Gasteiger partial charge in [0.2, 0.25) is 10.0 Å². The Kier molecular flexibility index (Phi) is 4.57. The molecule has 0 aliphatic carbocycles. The predicted molar refractivity (Wildman–Crippen MR) is 71.1 cm³/mol. The van der Waals surface area contributed by atoms with Gasteiger partial charge in [-0.05, 0) is 37.5 Å². The Bertz CT molecular complexity index is 529. The Morgan fingerprint density at radius 3 is 2.95 bits per heavy atom. The van der Waals surface area contributed by atoms with E-state index in [2.05, 4.69) is 4.72 Å². The number of benzene rings is 1. The molecule has 1 saturated heterocycles. The summed E-state index contributed by atoms with van der Waals surface area (Å²) in [6, 6.07) is 6.25. The summed E-state index contributed by atoms with van der Waals surface area (Å²) >= 11 is 0. The zero-order valence-electron chi connectivity index (χ0n) is 10.9. The van der Waals surface area contributed by atoms with Crippen LogP contribution in [0, 0.1) is 0 Å². The van der Waals surface area contributed by atoms with Crippen molar-refractivity contribution in [2.75, 3.05) is 6.61 Å². The highest BCUT2D eigenvalue weighted by Crippen LogP contribution is 2.17. The van der Waals surface area contributed by atoms with Gasteiger partial charge in [-0.2, -0.15) is 0 Å². The minimum atomic E-state index is -3.53. The smallest absolute Gasteiger partial charge is 0.240 e. The monoisotopic (exact) mass is 285 g/mol. The van der Waals surface area contributed by atoms with E-state index in [1.165, 1.54) is 12.1 Å². The first-order valence-electron chi connectivity index (χ1n) is 6.35. The molecule has 0 amide bonds. The fraction of sp³-hybridized carbons (Fsp3) is 0.538. The van der Waals surface area contributed by atoms with E-state index >= 15 is 0 Å². The standard InChI is InChI=1S/C13H19NO4S/c1-10-7-12(5-6-18-10)14-19(16,17)13-4-2-3-11(8-13)9-15/h2-4,8,10,12,14-15H,5-7,9H2,1H3. The molecule has 0 radical (unpaired) electrons. The number of nitrogens with one attached hydrogen (secondary N) is 1. The summed E-state index contributed by atoms with van der Waals surface area (Å²) in [6.45, 7) is 2.34. The minimum absolute atomic E-state index is 0.0743. The molecule has 0 bridgehead atoms. The Morgan fingerprint density at radius 1 is 1.47 bits per heavy atom. The number of rotatable bonds is 4. The average molecular weight is 285 g/mol. The summed E-state index contributed by atoms with van der Waals surface area (Å²) in [5, 5.41) is 9.05. The summed E-state index contributed by atoms with van der Waals surface area (Å²) in [7, 11) is -3.53. The minimum Gasteiger partial charge on any atom is -0.392 e. The van der Waals surface area contributed by atoms with Gasteiger partial charge in [0.15, 0.2) is 0 Å². The summed E-state index contributed by atoms with van der Waals surface area (Å²) in [5.74, 6) is 0. The average Bonchev–Trinajstić information content (AvgIpc) is 2.38. The zero-order chi connectivity index (χ0) is 13.9. The van der Waals surface area contributed by atoms with Crippen molar-refractivity contribution < 1.29 is 18.3 Å². The highest BCUT2D eigenvalue weighted by atomic mass is 32.2. The lowest BCUT2D eigenvalue weighted by Gasteiger charge is -2.27. The first-order chi connectivity index (χ1) is 9.01. The fourth-order valence-electron chi connectivity index (χ4n) is 2.20. The van der Waals surface area contributed by atoms with Crippen LogP contribution in [0.5, 0.6) is 0 Å². The van der Waals surface area contributed by atoms with E-state index in [1.807, 2.05) is 6.92 Å². The lowest BCUT2D eigenvalue weighted by atomic mass is 10.1.